The second-order valence-electron chi connectivity index (χ2n) is 6.69. The van der Waals surface area contributed by atoms with Gasteiger partial charge in [-0.2, -0.15) is 18.4 Å². The third-order valence-electron chi connectivity index (χ3n) is 4.42. The van der Waals surface area contributed by atoms with Crippen LogP contribution in [-0.4, -0.2) is 16.2 Å². The fraction of sp³-hybridized carbons (Fsp3) is 0.136. The molecule has 0 radical (unpaired) electrons. The summed E-state index contributed by atoms with van der Waals surface area (Å²) in [5, 5.41) is 25.5. The number of aliphatic hydroxyl groups is 1. The van der Waals surface area contributed by atoms with Crippen LogP contribution in [0.3, 0.4) is 0 Å². The van der Waals surface area contributed by atoms with Gasteiger partial charge in [0.2, 0.25) is 0 Å². The normalized spacial score (nSPS) is 12.0. The quantitative estimate of drug-likeness (QED) is 0.305. The maximum absolute atomic E-state index is 12.7. The second kappa shape index (κ2) is 8.85. The molecule has 0 spiro atoms. The first kappa shape index (κ1) is 22.4. The van der Waals surface area contributed by atoms with Gasteiger partial charge < -0.3 is 19.7 Å². The first-order valence-corrected chi connectivity index (χ1v) is 9.12. The zero-order valence-electron chi connectivity index (χ0n) is 16.8. The minimum absolute atomic E-state index is 0.119. The molecule has 2 N–H and O–H groups in total. The number of alkyl halides is 3. The number of amides is 1. The van der Waals surface area contributed by atoms with Crippen molar-refractivity contribution in [3.05, 3.63) is 76.7 Å². The molecule has 3 aromatic rings. The Kier molecular flexibility index (Phi) is 6.20. The van der Waals surface area contributed by atoms with Gasteiger partial charge >= 0.3 is 6.18 Å². The SMILES string of the molecule is Cc1cc(NC(=O)/C(C#N)=C(\O)c2cnoc2C)ccc1Oc1ccc(C(F)(F)F)cc1. The molecule has 1 amide bonds. The van der Waals surface area contributed by atoms with Crippen LogP contribution in [0.2, 0.25) is 0 Å². The van der Waals surface area contributed by atoms with Crippen LogP contribution in [0, 0.1) is 25.2 Å². The number of nitrogens with one attached hydrogen (secondary N) is 1. The number of aryl methyl sites for hydroxylation is 2. The molecule has 3 rings (SSSR count). The Balaban J connectivity index is 1.76. The number of anilines is 1. The van der Waals surface area contributed by atoms with Gasteiger partial charge in [-0.3, -0.25) is 4.79 Å². The van der Waals surface area contributed by atoms with Crippen LogP contribution < -0.4 is 10.1 Å². The summed E-state index contributed by atoms with van der Waals surface area (Å²) in [7, 11) is 0. The van der Waals surface area contributed by atoms with Crippen molar-refractivity contribution in [2.24, 2.45) is 0 Å². The van der Waals surface area contributed by atoms with Crippen LogP contribution in [0.5, 0.6) is 11.5 Å². The molecule has 0 unspecified atom stereocenters. The molecule has 0 aliphatic rings. The first-order valence-electron chi connectivity index (χ1n) is 9.12. The molecule has 0 saturated heterocycles. The minimum Gasteiger partial charge on any atom is -0.506 e. The van der Waals surface area contributed by atoms with Gasteiger partial charge in [-0.25, -0.2) is 0 Å². The Morgan fingerprint density at radius 2 is 1.88 bits per heavy atom. The van der Waals surface area contributed by atoms with Gasteiger partial charge in [0, 0.05) is 5.69 Å². The summed E-state index contributed by atoms with van der Waals surface area (Å²) < 4.78 is 48.4. The molecule has 164 valence electrons. The van der Waals surface area contributed by atoms with E-state index in [1.165, 1.54) is 37.4 Å². The van der Waals surface area contributed by atoms with E-state index in [0.717, 1.165) is 12.1 Å². The van der Waals surface area contributed by atoms with Crippen LogP contribution in [0.4, 0.5) is 18.9 Å². The number of hydrogen-bond donors (Lipinski definition) is 2. The smallest absolute Gasteiger partial charge is 0.416 e. The number of halogens is 3. The molecule has 0 saturated carbocycles. The molecule has 0 bridgehead atoms. The summed E-state index contributed by atoms with van der Waals surface area (Å²) in [5.41, 5.74) is -0.308. The highest BCUT2D eigenvalue weighted by Gasteiger charge is 2.30. The topological polar surface area (TPSA) is 108 Å². The lowest BCUT2D eigenvalue weighted by molar-refractivity contribution is -0.137. The second-order valence-corrected chi connectivity index (χ2v) is 6.69. The van der Waals surface area contributed by atoms with Crippen molar-refractivity contribution in [3.8, 4) is 17.6 Å². The summed E-state index contributed by atoms with van der Waals surface area (Å²) >= 11 is 0. The Morgan fingerprint density at radius 3 is 2.41 bits per heavy atom. The molecule has 2 aromatic carbocycles. The van der Waals surface area contributed by atoms with Gasteiger partial charge in [0.25, 0.3) is 5.91 Å². The number of nitrogens with zero attached hydrogens (tertiary/aromatic N) is 2. The Labute approximate surface area is 180 Å². The molecular weight excluding hydrogens is 427 g/mol. The van der Waals surface area contributed by atoms with E-state index in [0.29, 0.717) is 17.0 Å². The van der Waals surface area contributed by atoms with Crippen molar-refractivity contribution in [3.63, 3.8) is 0 Å². The number of rotatable bonds is 5. The van der Waals surface area contributed by atoms with Gasteiger partial charge in [0.15, 0.2) is 11.3 Å². The lowest BCUT2D eigenvalue weighted by atomic mass is 10.1. The molecule has 0 aliphatic carbocycles. The molecule has 32 heavy (non-hydrogen) atoms. The highest BCUT2D eigenvalue weighted by atomic mass is 19.4. The molecular formula is C22H16F3N3O4. The number of nitriles is 1. The van der Waals surface area contributed by atoms with E-state index in [4.69, 9.17) is 9.26 Å². The van der Waals surface area contributed by atoms with E-state index in [-0.39, 0.29) is 17.1 Å². The lowest BCUT2D eigenvalue weighted by Crippen LogP contribution is -2.15. The summed E-state index contributed by atoms with van der Waals surface area (Å²) in [6.45, 7) is 3.19. The van der Waals surface area contributed by atoms with Crippen LogP contribution in [0.25, 0.3) is 5.76 Å². The Morgan fingerprint density at radius 1 is 1.19 bits per heavy atom. The maximum Gasteiger partial charge on any atom is 0.416 e. The fourth-order valence-corrected chi connectivity index (χ4v) is 2.75. The van der Waals surface area contributed by atoms with Gasteiger partial charge in [0.05, 0.1) is 17.3 Å². The van der Waals surface area contributed by atoms with Gasteiger partial charge in [-0.15, -0.1) is 0 Å². The van der Waals surface area contributed by atoms with Crippen LogP contribution >= 0.6 is 0 Å². The van der Waals surface area contributed by atoms with E-state index < -0.39 is 29.0 Å². The molecule has 0 atom stereocenters. The summed E-state index contributed by atoms with van der Waals surface area (Å²) in [4.78, 5) is 12.5. The Hall–Kier alpha value is -4.26. The zero-order valence-corrected chi connectivity index (χ0v) is 16.8. The van der Waals surface area contributed by atoms with E-state index in [1.807, 2.05) is 0 Å². The predicted molar refractivity (Wildman–Crippen MR) is 108 cm³/mol. The molecule has 10 heteroatoms. The number of benzene rings is 2. The monoisotopic (exact) mass is 443 g/mol. The zero-order chi connectivity index (χ0) is 23.5. The van der Waals surface area contributed by atoms with Gasteiger partial charge in [-0.05, 0) is 61.9 Å². The van der Waals surface area contributed by atoms with Crippen molar-refractivity contribution >= 4 is 17.4 Å². The van der Waals surface area contributed by atoms with E-state index >= 15 is 0 Å². The lowest BCUT2D eigenvalue weighted by Gasteiger charge is -2.12. The highest BCUT2D eigenvalue weighted by molar-refractivity contribution is 6.11. The van der Waals surface area contributed by atoms with Crippen LogP contribution in [-0.2, 0) is 11.0 Å². The van der Waals surface area contributed by atoms with Crippen molar-refractivity contribution < 1.29 is 32.3 Å². The molecule has 1 aromatic heterocycles. The van der Waals surface area contributed by atoms with E-state index in [9.17, 15) is 28.3 Å². The molecule has 0 aliphatic heterocycles. The number of carbonyl (C=O) groups is 1. The molecule has 1 heterocycles. The van der Waals surface area contributed by atoms with Crippen molar-refractivity contribution in [1.29, 1.82) is 5.26 Å². The number of aliphatic hydroxyl groups excluding tert-OH is 1. The maximum atomic E-state index is 12.7. The number of ether oxygens (including phenoxy) is 1. The number of carbonyl (C=O) groups excluding carboxylic acids is 1. The van der Waals surface area contributed by atoms with Crippen molar-refractivity contribution in [2.45, 2.75) is 20.0 Å². The summed E-state index contributed by atoms with van der Waals surface area (Å²) in [6.07, 6.45) is -3.25. The van der Waals surface area contributed by atoms with Crippen molar-refractivity contribution in [1.82, 2.24) is 5.16 Å². The summed E-state index contributed by atoms with van der Waals surface area (Å²) in [5.74, 6) is -0.601. The number of aromatic nitrogens is 1. The highest BCUT2D eigenvalue weighted by Crippen LogP contribution is 2.32. The van der Waals surface area contributed by atoms with Crippen LogP contribution in [0.15, 0.2) is 58.8 Å². The molecule has 0 fully saturated rings. The minimum atomic E-state index is -4.44. The van der Waals surface area contributed by atoms with Gasteiger partial charge in [0.1, 0.15) is 23.3 Å². The average Bonchev–Trinajstić information content (AvgIpc) is 3.16. The predicted octanol–water partition coefficient (Wildman–Crippen LogP) is 5.53. The Bertz CT molecular complexity index is 1220. The third kappa shape index (κ3) is 4.89. The summed E-state index contributed by atoms with van der Waals surface area (Å²) in [6, 6.07) is 10.4. The van der Waals surface area contributed by atoms with Gasteiger partial charge in [-0.1, -0.05) is 5.16 Å². The van der Waals surface area contributed by atoms with E-state index in [2.05, 4.69) is 10.5 Å². The van der Waals surface area contributed by atoms with E-state index in [1.54, 1.807) is 19.1 Å². The van der Waals surface area contributed by atoms with Crippen molar-refractivity contribution in [2.75, 3.05) is 5.32 Å². The third-order valence-corrected chi connectivity index (χ3v) is 4.42. The number of hydrogen-bond acceptors (Lipinski definition) is 6. The fourth-order valence-electron chi connectivity index (χ4n) is 2.75. The standard InChI is InChI=1S/C22H16F3N3O4/c1-12-9-15(28-21(30)17(10-26)20(29)18-11-27-32-13(18)2)5-8-19(12)31-16-6-3-14(4-7-16)22(23,24)25/h3-9,11,29H,1-2H3,(H,28,30)/b20-17-. The van der Waals surface area contributed by atoms with Crippen LogP contribution in [0.1, 0.15) is 22.5 Å². The molecule has 7 nitrogen and oxygen atoms in total. The average molecular weight is 443 g/mol. The largest absolute Gasteiger partial charge is 0.506 e. The first-order chi connectivity index (χ1) is 15.1.